The maximum Gasteiger partial charge on any atom is 0.123 e. The molecule has 1 rings (SSSR count). The van der Waals surface area contributed by atoms with Crippen LogP contribution in [0.1, 0.15) is 39.2 Å². The summed E-state index contributed by atoms with van der Waals surface area (Å²) >= 11 is 0. The minimum atomic E-state index is -0.210. The lowest BCUT2D eigenvalue weighted by molar-refractivity contribution is 0.628. The topological polar surface area (TPSA) is 12.4 Å². The maximum absolute atomic E-state index is 12.9. The fraction of sp³-hybridized carbons (Fsp3) is 0.400. The number of aliphatic imine (C=N–C) groups is 1. The molecule has 0 heterocycles. The van der Waals surface area contributed by atoms with E-state index in [2.05, 4.69) is 25.8 Å². The summed E-state index contributed by atoms with van der Waals surface area (Å²) in [6, 6.07) is 6.54. The van der Waals surface area contributed by atoms with E-state index in [1.54, 1.807) is 19.2 Å². The molecule has 0 radical (unpaired) electrons. The first kappa shape index (κ1) is 13.6. The number of hydrogen-bond acceptors (Lipinski definition) is 1. The van der Waals surface area contributed by atoms with Crippen molar-refractivity contribution in [2.45, 2.75) is 33.6 Å². The maximum atomic E-state index is 12.9. The summed E-state index contributed by atoms with van der Waals surface area (Å²) in [5.74, 6) is -0.210. The van der Waals surface area contributed by atoms with Crippen molar-refractivity contribution in [1.29, 1.82) is 0 Å². The van der Waals surface area contributed by atoms with Gasteiger partial charge in [0.05, 0.1) is 5.71 Å². The second-order valence-electron chi connectivity index (χ2n) is 4.05. The van der Waals surface area contributed by atoms with Crippen molar-refractivity contribution in [3.63, 3.8) is 0 Å². The minimum absolute atomic E-state index is 0.210. The van der Waals surface area contributed by atoms with E-state index in [1.807, 2.05) is 0 Å². The second kappa shape index (κ2) is 6.33. The van der Waals surface area contributed by atoms with Crippen molar-refractivity contribution in [1.82, 2.24) is 0 Å². The van der Waals surface area contributed by atoms with Crippen molar-refractivity contribution in [3.8, 4) is 0 Å². The van der Waals surface area contributed by atoms with Crippen molar-refractivity contribution in [2.24, 2.45) is 4.99 Å². The molecule has 0 aliphatic carbocycles. The van der Waals surface area contributed by atoms with Crippen LogP contribution in [0.3, 0.4) is 0 Å². The lowest BCUT2D eigenvalue weighted by Crippen LogP contribution is -2.07. The Morgan fingerprint density at radius 2 is 1.71 bits per heavy atom. The normalized spacial score (nSPS) is 13.6. The van der Waals surface area contributed by atoms with Gasteiger partial charge in [-0.3, -0.25) is 4.99 Å². The van der Waals surface area contributed by atoms with Crippen LogP contribution in [0, 0.1) is 5.82 Å². The van der Waals surface area contributed by atoms with Crippen LogP contribution in [0.25, 0.3) is 0 Å². The molecular weight excluding hydrogens is 213 g/mol. The van der Waals surface area contributed by atoms with Gasteiger partial charge < -0.3 is 0 Å². The van der Waals surface area contributed by atoms with Crippen molar-refractivity contribution >= 4 is 5.71 Å². The second-order valence-corrected chi connectivity index (χ2v) is 4.05. The Balaban J connectivity index is 3.20. The molecule has 1 aromatic rings. The van der Waals surface area contributed by atoms with Crippen LogP contribution in [-0.2, 0) is 0 Å². The summed E-state index contributed by atoms with van der Waals surface area (Å²) in [5.41, 5.74) is 4.57. The number of hydrogen-bond donors (Lipinski definition) is 0. The van der Waals surface area contributed by atoms with Crippen LogP contribution in [0.4, 0.5) is 4.39 Å². The molecule has 1 nitrogen and oxygen atoms in total. The van der Waals surface area contributed by atoms with Gasteiger partial charge in [-0.2, -0.15) is 0 Å². The number of halogens is 1. The lowest BCUT2D eigenvalue weighted by Gasteiger charge is -2.12. The van der Waals surface area contributed by atoms with Gasteiger partial charge in [-0.05, 0) is 49.6 Å². The molecule has 17 heavy (non-hydrogen) atoms. The molecule has 2 heteroatoms. The molecule has 0 aliphatic heterocycles. The standard InChI is InChI=1S/C15H20FN/c1-5-11(3)14(6-2)15(17-4)12-7-9-13(16)10-8-12/h7-10H,5-6H2,1-4H3/b14-11-,17-15?. The number of rotatable bonds is 4. The first-order valence-electron chi connectivity index (χ1n) is 6.05. The molecule has 92 valence electrons. The number of benzene rings is 1. The molecule has 0 fully saturated rings. The van der Waals surface area contributed by atoms with E-state index >= 15 is 0 Å². The third-order valence-electron chi connectivity index (χ3n) is 3.03. The summed E-state index contributed by atoms with van der Waals surface area (Å²) in [4.78, 5) is 4.36. The Kier molecular flexibility index (Phi) is 5.08. The quantitative estimate of drug-likeness (QED) is 0.684. The van der Waals surface area contributed by atoms with E-state index < -0.39 is 0 Å². The third-order valence-corrected chi connectivity index (χ3v) is 3.03. The van der Waals surface area contributed by atoms with E-state index in [-0.39, 0.29) is 5.82 Å². The third kappa shape index (κ3) is 3.26. The highest BCUT2D eigenvalue weighted by Crippen LogP contribution is 2.19. The SMILES string of the molecule is CC/C(C)=C(/CC)C(=NC)c1ccc(F)cc1. The highest BCUT2D eigenvalue weighted by Gasteiger charge is 2.10. The zero-order valence-corrected chi connectivity index (χ0v) is 11.0. The lowest BCUT2D eigenvalue weighted by atomic mass is 9.95. The summed E-state index contributed by atoms with van der Waals surface area (Å²) < 4.78 is 12.9. The van der Waals surface area contributed by atoms with Crippen LogP contribution >= 0.6 is 0 Å². The Morgan fingerprint density at radius 1 is 1.12 bits per heavy atom. The van der Waals surface area contributed by atoms with E-state index in [4.69, 9.17) is 0 Å². The molecule has 0 N–H and O–H groups in total. The monoisotopic (exact) mass is 233 g/mol. The average molecular weight is 233 g/mol. The minimum Gasteiger partial charge on any atom is -0.288 e. The molecule has 0 aromatic heterocycles. The van der Waals surface area contributed by atoms with Crippen LogP contribution in [-0.4, -0.2) is 12.8 Å². The summed E-state index contributed by atoms with van der Waals surface area (Å²) in [6.45, 7) is 6.40. The van der Waals surface area contributed by atoms with Crippen molar-refractivity contribution < 1.29 is 4.39 Å². The highest BCUT2D eigenvalue weighted by molar-refractivity contribution is 6.12. The van der Waals surface area contributed by atoms with Gasteiger partial charge in [-0.25, -0.2) is 4.39 Å². The fourth-order valence-corrected chi connectivity index (χ4v) is 1.93. The van der Waals surface area contributed by atoms with E-state index in [0.29, 0.717) is 0 Å². The van der Waals surface area contributed by atoms with E-state index in [0.717, 1.165) is 24.1 Å². The zero-order chi connectivity index (χ0) is 12.8. The van der Waals surface area contributed by atoms with Crippen molar-refractivity contribution in [3.05, 3.63) is 46.8 Å². The van der Waals surface area contributed by atoms with Gasteiger partial charge in [-0.1, -0.05) is 19.4 Å². The molecule has 0 amide bonds. The van der Waals surface area contributed by atoms with Crippen LogP contribution in [0.15, 0.2) is 40.4 Å². The molecule has 0 atom stereocenters. The molecule has 0 spiro atoms. The van der Waals surface area contributed by atoms with Gasteiger partial charge in [0.15, 0.2) is 0 Å². The van der Waals surface area contributed by atoms with Gasteiger partial charge in [0.1, 0.15) is 5.82 Å². The van der Waals surface area contributed by atoms with Crippen LogP contribution < -0.4 is 0 Å². The van der Waals surface area contributed by atoms with Gasteiger partial charge in [0.2, 0.25) is 0 Å². The Labute approximate surface area is 103 Å². The van der Waals surface area contributed by atoms with Crippen LogP contribution in [0.2, 0.25) is 0 Å². The zero-order valence-electron chi connectivity index (χ0n) is 11.0. The van der Waals surface area contributed by atoms with Gasteiger partial charge in [-0.15, -0.1) is 0 Å². The van der Waals surface area contributed by atoms with Gasteiger partial charge >= 0.3 is 0 Å². The number of nitrogens with zero attached hydrogens (tertiary/aromatic N) is 1. The molecule has 0 saturated heterocycles. The largest absolute Gasteiger partial charge is 0.288 e. The van der Waals surface area contributed by atoms with E-state index in [9.17, 15) is 4.39 Å². The smallest absolute Gasteiger partial charge is 0.123 e. The summed E-state index contributed by atoms with van der Waals surface area (Å²) in [5, 5.41) is 0. The average Bonchev–Trinajstić information content (AvgIpc) is 2.36. The van der Waals surface area contributed by atoms with Gasteiger partial charge in [0.25, 0.3) is 0 Å². The summed E-state index contributed by atoms with van der Waals surface area (Å²) in [6.07, 6.45) is 1.97. The predicted molar refractivity (Wildman–Crippen MR) is 72.1 cm³/mol. The fourth-order valence-electron chi connectivity index (χ4n) is 1.93. The van der Waals surface area contributed by atoms with Gasteiger partial charge in [0, 0.05) is 12.6 Å². The van der Waals surface area contributed by atoms with Crippen molar-refractivity contribution in [2.75, 3.05) is 7.05 Å². The Bertz CT molecular complexity index is 427. The molecular formula is C15H20FN. The highest BCUT2D eigenvalue weighted by atomic mass is 19.1. The summed E-state index contributed by atoms with van der Waals surface area (Å²) in [7, 11) is 1.79. The molecule has 1 aromatic carbocycles. The Morgan fingerprint density at radius 3 is 2.12 bits per heavy atom. The molecule has 0 saturated carbocycles. The molecule has 0 aliphatic rings. The van der Waals surface area contributed by atoms with Crippen LogP contribution in [0.5, 0.6) is 0 Å². The van der Waals surface area contributed by atoms with E-state index in [1.165, 1.54) is 23.3 Å². The first-order valence-corrected chi connectivity index (χ1v) is 6.05. The molecule has 0 bridgehead atoms. The Hall–Kier alpha value is -1.44. The number of allylic oxidation sites excluding steroid dienone is 2. The molecule has 0 unspecified atom stereocenters. The predicted octanol–water partition coefficient (Wildman–Crippen LogP) is 4.38. The first-order chi connectivity index (χ1) is 8.13.